The van der Waals surface area contributed by atoms with Crippen molar-refractivity contribution in [2.45, 2.75) is 6.42 Å². The maximum Gasteiger partial charge on any atom is 0.173 e. The molecule has 0 unspecified atom stereocenters. The molecule has 3 rings (SSSR count). The van der Waals surface area contributed by atoms with Crippen molar-refractivity contribution in [3.8, 4) is 0 Å². The van der Waals surface area contributed by atoms with Gasteiger partial charge in [-0.15, -0.1) is 0 Å². The molecule has 0 aliphatic carbocycles. The quantitative estimate of drug-likeness (QED) is 0.773. The molecule has 0 atom stereocenters. The Bertz CT molecular complexity index is 726. The van der Waals surface area contributed by atoms with E-state index >= 15 is 0 Å². The van der Waals surface area contributed by atoms with Gasteiger partial charge in [-0.2, -0.15) is 0 Å². The lowest BCUT2D eigenvalue weighted by molar-refractivity contribution is 0.466. The minimum absolute atomic E-state index is 0.208. The van der Waals surface area contributed by atoms with Crippen LogP contribution in [0.5, 0.6) is 0 Å². The first kappa shape index (κ1) is 16.0. The molecule has 2 aromatic rings. The zero-order chi connectivity index (χ0) is 16.2. The molecule has 0 radical (unpaired) electrons. The molecule has 2 aromatic carbocycles. The molecule has 5 heteroatoms. The highest BCUT2D eigenvalue weighted by molar-refractivity contribution is 7.80. The molecule has 118 valence electrons. The summed E-state index contributed by atoms with van der Waals surface area (Å²) in [6, 6.07) is 14.1. The Balaban J connectivity index is 1.62. The lowest BCUT2D eigenvalue weighted by Gasteiger charge is -2.29. The van der Waals surface area contributed by atoms with Crippen LogP contribution in [0.15, 0.2) is 54.6 Å². The van der Waals surface area contributed by atoms with E-state index in [4.69, 9.17) is 23.8 Å². The van der Waals surface area contributed by atoms with Gasteiger partial charge in [0, 0.05) is 23.8 Å². The van der Waals surface area contributed by atoms with Gasteiger partial charge in [-0.25, -0.2) is 4.39 Å². The highest BCUT2D eigenvalue weighted by Crippen LogP contribution is 2.23. The van der Waals surface area contributed by atoms with Gasteiger partial charge in [-0.05, 0) is 66.2 Å². The summed E-state index contributed by atoms with van der Waals surface area (Å²) in [5.74, 6) is -0.208. The smallest absolute Gasteiger partial charge is 0.173 e. The topological polar surface area (TPSA) is 15.3 Å². The zero-order valence-corrected chi connectivity index (χ0v) is 14.0. The highest BCUT2D eigenvalue weighted by atomic mass is 35.5. The number of nitrogens with zero attached hydrogens (tertiary/aromatic N) is 1. The fourth-order valence-electron chi connectivity index (χ4n) is 2.52. The standard InChI is InChI=1S/C18H16ClFN2S/c19-15-3-7-17(8-4-15)21-18(23)22-11-9-14(10-12-22)13-1-5-16(20)6-2-13/h1-9H,10-12H2,(H,21,23). The Morgan fingerprint density at radius 2 is 1.78 bits per heavy atom. The van der Waals surface area contributed by atoms with Crippen molar-refractivity contribution >= 4 is 40.2 Å². The summed E-state index contributed by atoms with van der Waals surface area (Å²) in [4.78, 5) is 2.11. The van der Waals surface area contributed by atoms with Gasteiger partial charge < -0.3 is 10.2 Å². The minimum Gasteiger partial charge on any atom is -0.345 e. The van der Waals surface area contributed by atoms with Gasteiger partial charge in [-0.1, -0.05) is 29.8 Å². The van der Waals surface area contributed by atoms with Crippen LogP contribution in [0.3, 0.4) is 0 Å². The molecule has 1 heterocycles. The molecule has 0 amide bonds. The number of nitrogens with one attached hydrogen (secondary N) is 1. The van der Waals surface area contributed by atoms with Crippen LogP contribution in [0.1, 0.15) is 12.0 Å². The van der Waals surface area contributed by atoms with E-state index in [1.54, 1.807) is 0 Å². The third kappa shape index (κ3) is 4.09. The Kier molecular flexibility index (Phi) is 4.94. The molecule has 0 aromatic heterocycles. The lowest BCUT2D eigenvalue weighted by Crippen LogP contribution is -2.37. The lowest BCUT2D eigenvalue weighted by atomic mass is 10.00. The van der Waals surface area contributed by atoms with Gasteiger partial charge in [-0.3, -0.25) is 0 Å². The van der Waals surface area contributed by atoms with E-state index in [1.807, 2.05) is 36.4 Å². The SMILES string of the molecule is Fc1ccc(C2=CCN(C(=S)Nc3ccc(Cl)cc3)CC2)cc1. The van der Waals surface area contributed by atoms with Gasteiger partial charge in [0.25, 0.3) is 0 Å². The van der Waals surface area contributed by atoms with Crippen LogP contribution in [0, 0.1) is 5.82 Å². The molecule has 1 aliphatic rings. The summed E-state index contributed by atoms with van der Waals surface area (Å²) in [6.45, 7) is 1.58. The van der Waals surface area contributed by atoms with Crippen LogP contribution in [0.2, 0.25) is 5.02 Å². The number of anilines is 1. The van der Waals surface area contributed by atoms with E-state index in [9.17, 15) is 4.39 Å². The fraction of sp³-hybridized carbons (Fsp3) is 0.167. The van der Waals surface area contributed by atoms with Crippen molar-refractivity contribution in [1.82, 2.24) is 4.90 Å². The molecule has 0 bridgehead atoms. The van der Waals surface area contributed by atoms with Crippen molar-refractivity contribution in [2.75, 3.05) is 18.4 Å². The minimum atomic E-state index is -0.208. The number of benzene rings is 2. The van der Waals surface area contributed by atoms with Gasteiger partial charge in [0.15, 0.2) is 5.11 Å². The maximum absolute atomic E-state index is 13.0. The van der Waals surface area contributed by atoms with E-state index in [0.717, 1.165) is 30.8 Å². The first-order valence-corrected chi connectivity index (χ1v) is 8.17. The van der Waals surface area contributed by atoms with Crippen molar-refractivity contribution in [2.24, 2.45) is 0 Å². The number of hydrogen-bond donors (Lipinski definition) is 1. The van der Waals surface area contributed by atoms with Crippen molar-refractivity contribution in [3.63, 3.8) is 0 Å². The molecule has 2 nitrogen and oxygen atoms in total. The van der Waals surface area contributed by atoms with E-state index in [2.05, 4.69) is 16.3 Å². The predicted molar refractivity (Wildman–Crippen MR) is 98.2 cm³/mol. The molecular weight excluding hydrogens is 331 g/mol. The Hall–Kier alpha value is -1.91. The number of halogens is 2. The molecule has 1 aliphatic heterocycles. The van der Waals surface area contributed by atoms with Crippen LogP contribution < -0.4 is 5.32 Å². The zero-order valence-electron chi connectivity index (χ0n) is 12.4. The largest absolute Gasteiger partial charge is 0.345 e. The average molecular weight is 347 g/mol. The molecule has 0 fully saturated rings. The average Bonchev–Trinajstić information content (AvgIpc) is 2.58. The summed E-state index contributed by atoms with van der Waals surface area (Å²) in [5.41, 5.74) is 3.23. The van der Waals surface area contributed by atoms with Crippen LogP contribution in [-0.4, -0.2) is 23.1 Å². The third-order valence-corrected chi connectivity index (χ3v) is 4.42. The number of thiocarbonyl (C=S) groups is 1. The van der Waals surface area contributed by atoms with Gasteiger partial charge in [0.2, 0.25) is 0 Å². The Labute approximate surface area is 145 Å². The van der Waals surface area contributed by atoms with Crippen LogP contribution in [0.25, 0.3) is 5.57 Å². The van der Waals surface area contributed by atoms with Crippen LogP contribution in [-0.2, 0) is 0 Å². The second kappa shape index (κ2) is 7.11. The third-order valence-electron chi connectivity index (χ3n) is 3.81. The molecule has 1 N–H and O–H groups in total. The molecule has 23 heavy (non-hydrogen) atoms. The van der Waals surface area contributed by atoms with E-state index in [1.165, 1.54) is 17.7 Å². The van der Waals surface area contributed by atoms with Crippen LogP contribution >= 0.6 is 23.8 Å². The fourth-order valence-corrected chi connectivity index (χ4v) is 2.93. The van der Waals surface area contributed by atoms with E-state index in [-0.39, 0.29) is 5.82 Å². The van der Waals surface area contributed by atoms with E-state index < -0.39 is 0 Å². The molecule has 0 saturated heterocycles. The van der Waals surface area contributed by atoms with Crippen molar-refractivity contribution < 1.29 is 4.39 Å². The van der Waals surface area contributed by atoms with Crippen molar-refractivity contribution in [1.29, 1.82) is 0 Å². The monoisotopic (exact) mass is 346 g/mol. The highest BCUT2D eigenvalue weighted by Gasteiger charge is 2.15. The Morgan fingerprint density at radius 1 is 1.09 bits per heavy atom. The first-order chi connectivity index (χ1) is 11.1. The van der Waals surface area contributed by atoms with Crippen molar-refractivity contribution in [3.05, 3.63) is 71.0 Å². The summed E-state index contributed by atoms with van der Waals surface area (Å²) in [7, 11) is 0. The normalized spacial score (nSPS) is 14.3. The molecule has 0 spiro atoms. The summed E-state index contributed by atoms with van der Waals surface area (Å²) in [6.07, 6.45) is 3.03. The van der Waals surface area contributed by atoms with Gasteiger partial charge in [0.05, 0.1) is 0 Å². The maximum atomic E-state index is 13.0. The molecule has 0 saturated carbocycles. The second-order valence-electron chi connectivity index (χ2n) is 5.37. The second-order valence-corrected chi connectivity index (χ2v) is 6.19. The van der Waals surface area contributed by atoms with Gasteiger partial charge >= 0.3 is 0 Å². The number of hydrogen-bond acceptors (Lipinski definition) is 1. The summed E-state index contributed by atoms with van der Waals surface area (Å²) in [5, 5.41) is 4.62. The first-order valence-electron chi connectivity index (χ1n) is 7.38. The molecular formula is C18H16ClFN2S. The van der Waals surface area contributed by atoms with E-state index in [0.29, 0.717) is 10.1 Å². The predicted octanol–water partition coefficient (Wildman–Crippen LogP) is 4.97. The van der Waals surface area contributed by atoms with Crippen LogP contribution in [0.4, 0.5) is 10.1 Å². The Morgan fingerprint density at radius 3 is 2.39 bits per heavy atom. The summed E-state index contributed by atoms with van der Waals surface area (Å²) < 4.78 is 13.0. The summed E-state index contributed by atoms with van der Waals surface area (Å²) >= 11 is 11.3. The van der Waals surface area contributed by atoms with Gasteiger partial charge in [0.1, 0.15) is 5.82 Å². The number of rotatable bonds is 2.